The molecule has 0 aliphatic carbocycles. The number of ether oxygens (including phenoxy) is 3. The van der Waals surface area contributed by atoms with E-state index in [0.29, 0.717) is 27.8 Å². The van der Waals surface area contributed by atoms with Gasteiger partial charge >= 0.3 is 0 Å². The van der Waals surface area contributed by atoms with Crippen LogP contribution in [0.3, 0.4) is 0 Å². The molecule has 1 N–H and O–H groups in total. The second kappa shape index (κ2) is 4.95. The van der Waals surface area contributed by atoms with E-state index in [9.17, 15) is 0 Å². The van der Waals surface area contributed by atoms with Gasteiger partial charge in [0.25, 0.3) is 0 Å². The molecule has 1 aromatic carbocycles. The maximum atomic E-state index is 8.98. The standard InChI is InChI=1S/C13H10ClNO4/c14-10-3-8(6-16)5-15-13(10)19-9-1-2-11-12(4-9)18-7-17-11/h1-5,16H,6-7H2. The topological polar surface area (TPSA) is 60.8 Å². The van der Waals surface area contributed by atoms with E-state index in [4.69, 9.17) is 30.9 Å². The van der Waals surface area contributed by atoms with Crippen LogP contribution in [0.4, 0.5) is 0 Å². The fourth-order valence-electron chi connectivity index (χ4n) is 1.68. The molecule has 0 fully saturated rings. The first-order chi connectivity index (χ1) is 9.26. The average Bonchev–Trinajstić information content (AvgIpc) is 2.88. The lowest BCUT2D eigenvalue weighted by Crippen LogP contribution is -1.93. The van der Waals surface area contributed by atoms with Gasteiger partial charge in [0.1, 0.15) is 10.8 Å². The van der Waals surface area contributed by atoms with Crippen LogP contribution < -0.4 is 14.2 Å². The highest BCUT2D eigenvalue weighted by atomic mass is 35.5. The molecule has 1 aromatic heterocycles. The molecule has 0 unspecified atom stereocenters. The van der Waals surface area contributed by atoms with Gasteiger partial charge in [-0.1, -0.05) is 11.6 Å². The fraction of sp³-hybridized carbons (Fsp3) is 0.154. The summed E-state index contributed by atoms with van der Waals surface area (Å²) in [4.78, 5) is 4.05. The fourth-order valence-corrected chi connectivity index (χ4v) is 1.91. The number of hydrogen-bond donors (Lipinski definition) is 1. The molecule has 98 valence electrons. The number of rotatable bonds is 3. The van der Waals surface area contributed by atoms with Crippen molar-refractivity contribution >= 4 is 11.6 Å². The Morgan fingerprint density at radius 1 is 1.26 bits per heavy atom. The maximum Gasteiger partial charge on any atom is 0.238 e. The van der Waals surface area contributed by atoms with E-state index in [1.165, 1.54) is 6.20 Å². The lowest BCUT2D eigenvalue weighted by Gasteiger charge is -2.07. The number of hydrogen-bond acceptors (Lipinski definition) is 5. The van der Waals surface area contributed by atoms with E-state index in [2.05, 4.69) is 4.98 Å². The van der Waals surface area contributed by atoms with Gasteiger partial charge < -0.3 is 19.3 Å². The zero-order valence-corrected chi connectivity index (χ0v) is 10.6. The van der Waals surface area contributed by atoms with Crippen LogP contribution in [0.25, 0.3) is 0 Å². The number of aromatic nitrogens is 1. The van der Waals surface area contributed by atoms with Crippen LogP contribution in [0.5, 0.6) is 23.1 Å². The first-order valence-corrected chi connectivity index (χ1v) is 5.97. The van der Waals surface area contributed by atoms with Crippen LogP contribution in [0.2, 0.25) is 5.02 Å². The lowest BCUT2D eigenvalue weighted by atomic mass is 10.3. The molecule has 1 aliphatic heterocycles. The van der Waals surface area contributed by atoms with Crippen LogP contribution in [0.15, 0.2) is 30.5 Å². The molecule has 2 aromatic rings. The molecule has 1 aliphatic rings. The van der Waals surface area contributed by atoms with Crippen molar-refractivity contribution in [2.75, 3.05) is 6.79 Å². The van der Waals surface area contributed by atoms with E-state index in [1.54, 1.807) is 24.3 Å². The van der Waals surface area contributed by atoms with Crippen molar-refractivity contribution in [2.24, 2.45) is 0 Å². The minimum absolute atomic E-state index is 0.114. The molecule has 0 atom stereocenters. The molecule has 5 nitrogen and oxygen atoms in total. The molecule has 6 heteroatoms. The Labute approximate surface area is 114 Å². The summed E-state index contributed by atoms with van der Waals surface area (Å²) in [5.41, 5.74) is 0.628. The quantitative estimate of drug-likeness (QED) is 0.936. The molecule has 0 saturated heterocycles. The van der Waals surface area contributed by atoms with Gasteiger partial charge in [0.2, 0.25) is 12.7 Å². The third-order valence-electron chi connectivity index (χ3n) is 2.61. The van der Waals surface area contributed by atoms with Crippen LogP contribution in [0.1, 0.15) is 5.56 Å². The van der Waals surface area contributed by atoms with Gasteiger partial charge in [-0.05, 0) is 23.8 Å². The summed E-state index contributed by atoms with van der Waals surface area (Å²) in [6.07, 6.45) is 1.51. The third-order valence-corrected chi connectivity index (χ3v) is 2.88. The van der Waals surface area contributed by atoms with Gasteiger partial charge in [-0.3, -0.25) is 0 Å². The predicted molar refractivity (Wildman–Crippen MR) is 67.8 cm³/mol. The first-order valence-electron chi connectivity index (χ1n) is 5.59. The number of nitrogens with zero attached hydrogens (tertiary/aromatic N) is 1. The monoisotopic (exact) mass is 279 g/mol. The zero-order valence-electron chi connectivity index (χ0n) is 9.80. The van der Waals surface area contributed by atoms with Gasteiger partial charge in [0.15, 0.2) is 11.5 Å². The number of aliphatic hydroxyl groups excluding tert-OH is 1. The SMILES string of the molecule is OCc1cnc(Oc2ccc3c(c2)OCO3)c(Cl)c1. The summed E-state index contributed by atoms with van der Waals surface area (Å²) < 4.78 is 16.0. The lowest BCUT2D eigenvalue weighted by molar-refractivity contribution is 0.174. The molecular weight excluding hydrogens is 270 g/mol. The first kappa shape index (κ1) is 12.1. The Bertz CT molecular complexity index is 618. The number of fused-ring (bicyclic) bond motifs is 1. The van der Waals surface area contributed by atoms with Crippen molar-refractivity contribution in [2.45, 2.75) is 6.61 Å². The molecule has 0 radical (unpaired) electrons. The molecule has 2 heterocycles. The van der Waals surface area contributed by atoms with Crippen LogP contribution in [-0.2, 0) is 6.61 Å². The average molecular weight is 280 g/mol. The Balaban J connectivity index is 1.85. The summed E-state index contributed by atoms with van der Waals surface area (Å²) in [6, 6.07) is 6.82. The highest BCUT2D eigenvalue weighted by molar-refractivity contribution is 6.31. The minimum Gasteiger partial charge on any atom is -0.454 e. The van der Waals surface area contributed by atoms with Crippen molar-refractivity contribution in [3.05, 3.63) is 41.0 Å². The van der Waals surface area contributed by atoms with E-state index in [0.717, 1.165) is 0 Å². The third kappa shape index (κ3) is 2.43. The van der Waals surface area contributed by atoms with Crippen molar-refractivity contribution < 1.29 is 19.3 Å². The van der Waals surface area contributed by atoms with Gasteiger partial charge in [0, 0.05) is 12.3 Å². The van der Waals surface area contributed by atoms with Crippen LogP contribution in [0, 0.1) is 0 Å². The summed E-state index contributed by atoms with van der Waals surface area (Å²) in [6.45, 7) is 0.0972. The number of benzene rings is 1. The smallest absolute Gasteiger partial charge is 0.238 e. The van der Waals surface area contributed by atoms with E-state index in [1.807, 2.05) is 0 Å². The Morgan fingerprint density at radius 2 is 2.11 bits per heavy atom. The molecule has 0 saturated carbocycles. The van der Waals surface area contributed by atoms with Gasteiger partial charge in [-0.15, -0.1) is 0 Å². The van der Waals surface area contributed by atoms with E-state index < -0.39 is 0 Å². The Hall–Kier alpha value is -1.98. The Kier molecular flexibility index (Phi) is 3.15. The van der Waals surface area contributed by atoms with Crippen molar-refractivity contribution in [1.82, 2.24) is 4.98 Å². The van der Waals surface area contributed by atoms with E-state index >= 15 is 0 Å². The summed E-state index contributed by atoms with van der Waals surface area (Å²) in [5.74, 6) is 2.13. The number of pyridine rings is 1. The number of halogens is 1. The van der Waals surface area contributed by atoms with Gasteiger partial charge in [-0.25, -0.2) is 4.98 Å². The summed E-state index contributed by atoms with van der Waals surface area (Å²) in [5, 5.41) is 9.32. The Morgan fingerprint density at radius 3 is 2.89 bits per heavy atom. The molecule has 19 heavy (non-hydrogen) atoms. The van der Waals surface area contributed by atoms with Crippen LogP contribution >= 0.6 is 11.6 Å². The minimum atomic E-state index is -0.114. The van der Waals surface area contributed by atoms with Crippen molar-refractivity contribution in [3.63, 3.8) is 0 Å². The number of aliphatic hydroxyl groups is 1. The van der Waals surface area contributed by atoms with Crippen molar-refractivity contribution in [3.8, 4) is 23.1 Å². The highest BCUT2D eigenvalue weighted by Crippen LogP contribution is 2.37. The van der Waals surface area contributed by atoms with Gasteiger partial charge in [-0.2, -0.15) is 0 Å². The normalized spacial score (nSPS) is 12.5. The zero-order chi connectivity index (χ0) is 13.2. The van der Waals surface area contributed by atoms with Crippen molar-refractivity contribution in [1.29, 1.82) is 0 Å². The van der Waals surface area contributed by atoms with E-state index in [-0.39, 0.29) is 19.3 Å². The van der Waals surface area contributed by atoms with Gasteiger partial charge in [0.05, 0.1) is 6.61 Å². The second-order valence-corrected chi connectivity index (χ2v) is 4.31. The van der Waals surface area contributed by atoms with Crippen LogP contribution in [-0.4, -0.2) is 16.9 Å². The largest absolute Gasteiger partial charge is 0.454 e. The predicted octanol–water partition coefficient (Wildman–Crippen LogP) is 2.75. The summed E-state index contributed by atoms with van der Waals surface area (Å²) >= 11 is 6.02. The highest BCUT2D eigenvalue weighted by Gasteiger charge is 2.15. The molecule has 0 spiro atoms. The second-order valence-electron chi connectivity index (χ2n) is 3.91. The molecular formula is C13H10ClNO4. The summed E-state index contributed by atoms with van der Waals surface area (Å²) in [7, 11) is 0. The molecule has 3 rings (SSSR count). The molecule has 0 amide bonds. The molecule has 0 bridgehead atoms. The maximum absolute atomic E-state index is 8.98.